The number of hydrogen-bond donors (Lipinski definition) is 1. The van der Waals surface area contributed by atoms with Crippen molar-refractivity contribution in [2.75, 3.05) is 19.8 Å². The van der Waals surface area contributed by atoms with Crippen molar-refractivity contribution in [3.05, 3.63) is 10.1 Å². The number of ether oxygens (including phenoxy) is 3. The first-order valence-electron chi connectivity index (χ1n) is 6.96. The molecule has 0 aromatic carbocycles. The maximum atomic E-state index is 11.7. The van der Waals surface area contributed by atoms with E-state index in [0.717, 1.165) is 0 Å². The molecule has 0 amide bonds. The molecule has 9 nitrogen and oxygen atoms in total. The number of nitrogens with zero attached hydrogens (tertiary/aromatic N) is 1. The number of fused-ring (bicyclic) bond motifs is 1. The number of aliphatic hydroxyl groups excluding tert-OH is 1. The lowest BCUT2D eigenvalue weighted by atomic mass is 10.1. The lowest BCUT2D eigenvalue weighted by Crippen LogP contribution is -2.34. The molecule has 2 aliphatic heterocycles. The predicted molar refractivity (Wildman–Crippen MR) is 66.8 cm³/mol. The molecule has 0 bridgehead atoms. The van der Waals surface area contributed by atoms with Gasteiger partial charge in [0.25, 0.3) is 5.09 Å². The summed E-state index contributed by atoms with van der Waals surface area (Å²) < 4.78 is 16.0. The Bertz CT molecular complexity index is 376. The fraction of sp³-hybridized carbons (Fsp3) is 0.917. The number of esters is 1. The van der Waals surface area contributed by atoms with Gasteiger partial charge in [0.1, 0.15) is 18.3 Å². The van der Waals surface area contributed by atoms with Crippen LogP contribution in [0.25, 0.3) is 0 Å². The molecule has 120 valence electrons. The Hall–Kier alpha value is -1.45. The van der Waals surface area contributed by atoms with Crippen LogP contribution in [0.2, 0.25) is 0 Å². The van der Waals surface area contributed by atoms with E-state index in [1.165, 1.54) is 0 Å². The molecule has 0 saturated carbocycles. The zero-order chi connectivity index (χ0) is 15.2. The van der Waals surface area contributed by atoms with Gasteiger partial charge in [-0.05, 0) is 12.8 Å². The van der Waals surface area contributed by atoms with E-state index in [1.54, 1.807) is 0 Å². The summed E-state index contributed by atoms with van der Waals surface area (Å²) in [6, 6.07) is 0. The zero-order valence-corrected chi connectivity index (χ0v) is 11.5. The summed E-state index contributed by atoms with van der Waals surface area (Å²) in [5.74, 6) is -0.357. The van der Waals surface area contributed by atoms with E-state index < -0.39 is 29.5 Å². The minimum absolute atomic E-state index is 0.0357. The van der Waals surface area contributed by atoms with Gasteiger partial charge < -0.3 is 24.2 Å². The van der Waals surface area contributed by atoms with Gasteiger partial charge in [-0.25, -0.2) is 0 Å². The van der Waals surface area contributed by atoms with Crippen LogP contribution in [-0.2, 0) is 23.8 Å². The highest BCUT2D eigenvalue weighted by atomic mass is 16.9. The average Bonchev–Trinajstić information content (AvgIpc) is 2.98. The molecule has 1 N–H and O–H groups in total. The molecule has 0 aromatic heterocycles. The molecule has 2 unspecified atom stereocenters. The zero-order valence-electron chi connectivity index (χ0n) is 11.5. The van der Waals surface area contributed by atoms with E-state index >= 15 is 0 Å². The Balaban J connectivity index is 1.57. The fourth-order valence-electron chi connectivity index (χ4n) is 2.46. The highest BCUT2D eigenvalue weighted by molar-refractivity contribution is 5.69. The number of hydrogen-bond acceptors (Lipinski definition) is 8. The van der Waals surface area contributed by atoms with E-state index in [1.807, 2.05) is 0 Å². The molecule has 2 rings (SSSR count). The van der Waals surface area contributed by atoms with Crippen LogP contribution in [0.15, 0.2) is 0 Å². The molecule has 0 aromatic rings. The Morgan fingerprint density at radius 3 is 2.76 bits per heavy atom. The maximum absolute atomic E-state index is 11.7. The van der Waals surface area contributed by atoms with Crippen molar-refractivity contribution in [2.24, 2.45) is 0 Å². The molecule has 2 saturated heterocycles. The van der Waals surface area contributed by atoms with E-state index in [9.17, 15) is 20.0 Å². The average molecular weight is 305 g/mol. The quantitative estimate of drug-likeness (QED) is 0.284. The van der Waals surface area contributed by atoms with Crippen LogP contribution in [0, 0.1) is 10.1 Å². The van der Waals surface area contributed by atoms with E-state index in [4.69, 9.17) is 14.2 Å². The van der Waals surface area contributed by atoms with Crippen molar-refractivity contribution in [1.82, 2.24) is 0 Å². The number of rotatable bonds is 8. The molecule has 21 heavy (non-hydrogen) atoms. The number of carbonyl (C=O) groups is 1. The van der Waals surface area contributed by atoms with Gasteiger partial charge in [-0.3, -0.25) is 4.79 Å². The van der Waals surface area contributed by atoms with Crippen LogP contribution in [0.5, 0.6) is 0 Å². The third-order valence-corrected chi connectivity index (χ3v) is 3.49. The fourth-order valence-corrected chi connectivity index (χ4v) is 2.46. The molecular formula is C12H19NO8. The van der Waals surface area contributed by atoms with E-state index in [2.05, 4.69) is 4.84 Å². The molecule has 4 atom stereocenters. The first-order valence-corrected chi connectivity index (χ1v) is 6.96. The SMILES string of the molecule is O=C(CCCCCO[N+](=O)[O-])OC1CO[C@@H]2C(O)CO[C@H]12. The van der Waals surface area contributed by atoms with Crippen molar-refractivity contribution in [2.45, 2.75) is 50.1 Å². The van der Waals surface area contributed by atoms with Crippen LogP contribution in [-0.4, -0.2) is 60.4 Å². The summed E-state index contributed by atoms with van der Waals surface area (Å²) in [5, 5.41) is 18.6. The second-order valence-electron chi connectivity index (χ2n) is 5.06. The smallest absolute Gasteiger partial charge is 0.306 e. The highest BCUT2D eigenvalue weighted by Crippen LogP contribution is 2.29. The molecule has 0 spiro atoms. The molecule has 2 aliphatic rings. The standard InChI is InChI=1S/C12H19NO8/c14-8-6-18-12-9(7-19-11(8)12)21-10(15)4-2-1-3-5-20-13(16)17/h8-9,11-12,14H,1-7H2/t8?,9?,11-,12-/m1/s1. The summed E-state index contributed by atoms with van der Waals surface area (Å²) >= 11 is 0. The van der Waals surface area contributed by atoms with Crippen molar-refractivity contribution >= 4 is 5.97 Å². The third kappa shape index (κ3) is 4.51. The summed E-state index contributed by atoms with van der Waals surface area (Å²) in [7, 11) is 0. The van der Waals surface area contributed by atoms with E-state index in [0.29, 0.717) is 19.3 Å². The number of carbonyl (C=O) groups excluding carboxylic acids is 1. The second-order valence-corrected chi connectivity index (χ2v) is 5.06. The van der Waals surface area contributed by atoms with E-state index in [-0.39, 0.29) is 32.2 Å². The van der Waals surface area contributed by atoms with Gasteiger partial charge in [0, 0.05) is 6.42 Å². The normalized spacial score (nSPS) is 30.9. The van der Waals surface area contributed by atoms with Crippen molar-refractivity contribution in [1.29, 1.82) is 0 Å². The molecule has 0 radical (unpaired) electrons. The lowest BCUT2D eigenvalue weighted by molar-refractivity contribution is -0.757. The Morgan fingerprint density at radius 1 is 1.24 bits per heavy atom. The Morgan fingerprint density at radius 2 is 2.00 bits per heavy atom. The van der Waals surface area contributed by atoms with Crippen LogP contribution < -0.4 is 0 Å². The largest absolute Gasteiger partial charge is 0.457 e. The van der Waals surface area contributed by atoms with Gasteiger partial charge in [0.05, 0.1) is 19.8 Å². The molecule has 2 fully saturated rings. The van der Waals surface area contributed by atoms with Crippen molar-refractivity contribution < 1.29 is 34.0 Å². The minimum atomic E-state index is -0.833. The van der Waals surface area contributed by atoms with Crippen LogP contribution in [0.4, 0.5) is 0 Å². The first kappa shape index (κ1) is 15.9. The summed E-state index contributed by atoms with van der Waals surface area (Å²) in [6.45, 7) is 0.461. The first-order chi connectivity index (χ1) is 10.1. The lowest BCUT2D eigenvalue weighted by Gasteiger charge is -2.16. The second kappa shape index (κ2) is 7.53. The van der Waals surface area contributed by atoms with Crippen LogP contribution >= 0.6 is 0 Å². The Kier molecular flexibility index (Phi) is 5.71. The van der Waals surface area contributed by atoms with Gasteiger partial charge >= 0.3 is 5.97 Å². The van der Waals surface area contributed by atoms with Gasteiger partial charge in [-0.1, -0.05) is 6.42 Å². The van der Waals surface area contributed by atoms with Crippen LogP contribution in [0.1, 0.15) is 25.7 Å². The monoisotopic (exact) mass is 305 g/mol. The van der Waals surface area contributed by atoms with Crippen molar-refractivity contribution in [3.63, 3.8) is 0 Å². The molecule has 0 aliphatic carbocycles. The van der Waals surface area contributed by atoms with Gasteiger partial charge in [-0.2, -0.15) is 0 Å². The number of aliphatic hydroxyl groups is 1. The highest BCUT2D eigenvalue weighted by Gasteiger charge is 2.48. The van der Waals surface area contributed by atoms with Gasteiger partial charge in [0.15, 0.2) is 6.10 Å². The maximum Gasteiger partial charge on any atom is 0.306 e. The minimum Gasteiger partial charge on any atom is -0.457 e. The van der Waals surface area contributed by atoms with Crippen LogP contribution in [0.3, 0.4) is 0 Å². The summed E-state index contributed by atoms with van der Waals surface area (Å²) in [5.41, 5.74) is 0. The topological polar surface area (TPSA) is 117 Å². The summed E-state index contributed by atoms with van der Waals surface area (Å²) in [4.78, 5) is 25.8. The van der Waals surface area contributed by atoms with Gasteiger partial charge in [0.2, 0.25) is 0 Å². The molecule has 9 heteroatoms. The van der Waals surface area contributed by atoms with Crippen molar-refractivity contribution in [3.8, 4) is 0 Å². The summed E-state index contributed by atoms with van der Waals surface area (Å²) in [6.07, 6.45) is 0.0175. The van der Waals surface area contributed by atoms with Gasteiger partial charge in [-0.15, -0.1) is 10.1 Å². The molecular weight excluding hydrogens is 286 g/mol. The molecule has 2 heterocycles. The Labute approximate surface area is 121 Å². The predicted octanol–water partition coefficient (Wildman–Crippen LogP) is -0.175. The number of unbranched alkanes of at least 4 members (excludes halogenated alkanes) is 2. The third-order valence-electron chi connectivity index (χ3n) is 3.49.